The van der Waals surface area contributed by atoms with Gasteiger partial charge in [0.25, 0.3) is 0 Å². The van der Waals surface area contributed by atoms with Gasteiger partial charge in [0, 0.05) is 12.6 Å². The van der Waals surface area contributed by atoms with Crippen molar-refractivity contribution < 1.29 is 5.11 Å². The fourth-order valence-corrected chi connectivity index (χ4v) is 1.39. The van der Waals surface area contributed by atoms with Crippen LogP contribution < -0.4 is 0 Å². The highest BCUT2D eigenvalue weighted by Crippen LogP contribution is 2.07. The van der Waals surface area contributed by atoms with E-state index < -0.39 is 0 Å². The topological polar surface area (TPSA) is 47.3 Å². The maximum atomic E-state index is 9.06. The van der Waals surface area contributed by atoms with Gasteiger partial charge in [0.2, 0.25) is 0 Å². The van der Waals surface area contributed by atoms with Crippen LogP contribution in [0.15, 0.2) is 30.3 Å². The van der Waals surface area contributed by atoms with Crippen LogP contribution in [0.1, 0.15) is 12.5 Å². The van der Waals surface area contributed by atoms with Crippen LogP contribution in [0.2, 0.25) is 0 Å². The molecule has 1 aromatic carbocycles. The molecule has 1 aromatic rings. The van der Waals surface area contributed by atoms with E-state index in [1.54, 1.807) is 0 Å². The van der Waals surface area contributed by atoms with E-state index in [2.05, 4.69) is 6.07 Å². The van der Waals surface area contributed by atoms with Gasteiger partial charge in [-0.15, -0.1) is 0 Å². The number of hydrogen-bond acceptors (Lipinski definition) is 3. The van der Waals surface area contributed by atoms with Crippen LogP contribution in [-0.4, -0.2) is 29.2 Å². The Morgan fingerprint density at radius 1 is 1.40 bits per heavy atom. The highest BCUT2D eigenvalue weighted by Gasteiger charge is 2.12. The minimum absolute atomic E-state index is 0.0184. The Morgan fingerprint density at radius 3 is 2.60 bits per heavy atom. The summed E-state index contributed by atoms with van der Waals surface area (Å²) in [5.41, 5.74) is 1.16. The third-order valence-corrected chi connectivity index (χ3v) is 2.39. The van der Waals surface area contributed by atoms with Crippen molar-refractivity contribution in [3.05, 3.63) is 35.9 Å². The van der Waals surface area contributed by atoms with Crippen molar-refractivity contribution in [2.75, 3.05) is 13.2 Å². The second kappa shape index (κ2) is 6.18. The molecule has 0 bridgehead atoms. The summed E-state index contributed by atoms with van der Waals surface area (Å²) in [4.78, 5) is 1.95. The molecule has 1 rings (SSSR count). The van der Waals surface area contributed by atoms with Gasteiger partial charge in [-0.25, -0.2) is 0 Å². The maximum absolute atomic E-state index is 9.06. The van der Waals surface area contributed by atoms with Crippen LogP contribution in [0.25, 0.3) is 0 Å². The van der Waals surface area contributed by atoms with Gasteiger partial charge in [0.15, 0.2) is 0 Å². The molecule has 0 saturated carbocycles. The van der Waals surface area contributed by atoms with Gasteiger partial charge in [0.1, 0.15) is 0 Å². The van der Waals surface area contributed by atoms with E-state index in [4.69, 9.17) is 10.4 Å². The minimum atomic E-state index is 0.0184. The lowest BCUT2D eigenvalue weighted by Crippen LogP contribution is -2.35. The number of nitrogens with zero attached hydrogens (tertiary/aromatic N) is 2. The molecule has 0 heterocycles. The van der Waals surface area contributed by atoms with Crippen LogP contribution in [0.3, 0.4) is 0 Å². The van der Waals surface area contributed by atoms with Crippen LogP contribution in [0.5, 0.6) is 0 Å². The van der Waals surface area contributed by atoms with E-state index in [9.17, 15) is 0 Å². The summed E-state index contributed by atoms with van der Waals surface area (Å²) in [6.07, 6.45) is 0. The van der Waals surface area contributed by atoms with Gasteiger partial charge in [-0.1, -0.05) is 30.3 Å². The monoisotopic (exact) mass is 204 g/mol. The highest BCUT2D eigenvalue weighted by atomic mass is 16.3. The molecule has 80 valence electrons. The van der Waals surface area contributed by atoms with Crippen molar-refractivity contribution in [1.82, 2.24) is 4.90 Å². The zero-order valence-electron chi connectivity index (χ0n) is 8.93. The number of hydrogen-bond donors (Lipinski definition) is 1. The van der Waals surface area contributed by atoms with Gasteiger partial charge in [-0.2, -0.15) is 5.26 Å². The second-order valence-corrected chi connectivity index (χ2v) is 3.58. The zero-order chi connectivity index (χ0) is 11.1. The maximum Gasteiger partial charge on any atom is 0.0871 e. The van der Waals surface area contributed by atoms with E-state index in [0.29, 0.717) is 13.1 Å². The van der Waals surface area contributed by atoms with Crippen molar-refractivity contribution in [1.29, 1.82) is 5.26 Å². The van der Waals surface area contributed by atoms with E-state index >= 15 is 0 Å². The van der Waals surface area contributed by atoms with E-state index in [-0.39, 0.29) is 12.6 Å². The smallest absolute Gasteiger partial charge is 0.0871 e. The lowest BCUT2D eigenvalue weighted by Gasteiger charge is -2.24. The molecule has 1 N–H and O–H groups in total. The molecule has 0 aliphatic rings. The van der Waals surface area contributed by atoms with Crippen molar-refractivity contribution in [2.24, 2.45) is 0 Å². The Balaban J connectivity index is 2.63. The van der Waals surface area contributed by atoms with Crippen molar-refractivity contribution in [3.63, 3.8) is 0 Å². The van der Waals surface area contributed by atoms with Crippen molar-refractivity contribution >= 4 is 0 Å². The molecule has 0 spiro atoms. The molecule has 0 fully saturated rings. The molecule has 15 heavy (non-hydrogen) atoms. The summed E-state index contributed by atoms with van der Waals surface area (Å²) in [7, 11) is 0. The highest BCUT2D eigenvalue weighted by molar-refractivity contribution is 5.14. The fourth-order valence-electron chi connectivity index (χ4n) is 1.39. The molecule has 3 heteroatoms. The average Bonchev–Trinajstić information content (AvgIpc) is 2.29. The third kappa shape index (κ3) is 3.70. The zero-order valence-corrected chi connectivity index (χ0v) is 8.93. The molecule has 3 nitrogen and oxygen atoms in total. The molecule has 0 amide bonds. The normalized spacial score (nSPS) is 12.4. The lowest BCUT2D eigenvalue weighted by atomic mass is 10.2. The predicted molar refractivity (Wildman–Crippen MR) is 59.0 cm³/mol. The van der Waals surface area contributed by atoms with Crippen LogP contribution >= 0.6 is 0 Å². The van der Waals surface area contributed by atoms with Crippen LogP contribution in [0, 0.1) is 11.3 Å². The molecular weight excluding hydrogens is 188 g/mol. The first-order chi connectivity index (χ1) is 7.27. The number of rotatable bonds is 5. The fraction of sp³-hybridized carbons (Fsp3) is 0.417. The predicted octanol–water partition coefficient (Wildman–Crippen LogP) is 1.39. The number of aliphatic hydroxyl groups excluding tert-OH is 1. The van der Waals surface area contributed by atoms with E-state index in [1.165, 1.54) is 0 Å². The Labute approximate surface area is 90.6 Å². The average molecular weight is 204 g/mol. The minimum Gasteiger partial charge on any atom is -0.395 e. The summed E-state index contributed by atoms with van der Waals surface area (Å²) in [5.74, 6) is 0. The Kier molecular flexibility index (Phi) is 4.82. The van der Waals surface area contributed by atoms with Crippen LogP contribution in [-0.2, 0) is 6.54 Å². The SMILES string of the molecule is C[C@H](CO)N(CC#N)Cc1ccccc1. The first-order valence-corrected chi connectivity index (χ1v) is 5.03. The second-order valence-electron chi connectivity index (χ2n) is 3.58. The first-order valence-electron chi connectivity index (χ1n) is 5.03. The van der Waals surface area contributed by atoms with Gasteiger partial charge in [-0.3, -0.25) is 4.90 Å². The number of benzene rings is 1. The van der Waals surface area contributed by atoms with Crippen LogP contribution in [0.4, 0.5) is 0 Å². The van der Waals surface area contributed by atoms with Crippen molar-refractivity contribution in [3.8, 4) is 6.07 Å². The Bertz CT molecular complexity index is 318. The Hall–Kier alpha value is -1.37. The first kappa shape index (κ1) is 11.7. The quantitative estimate of drug-likeness (QED) is 0.737. The largest absolute Gasteiger partial charge is 0.395 e. The number of nitriles is 1. The molecule has 0 radical (unpaired) electrons. The van der Waals surface area contributed by atoms with Gasteiger partial charge < -0.3 is 5.11 Å². The summed E-state index contributed by atoms with van der Waals surface area (Å²) >= 11 is 0. The summed E-state index contributed by atoms with van der Waals surface area (Å²) in [5, 5.41) is 17.7. The molecule has 0 aliphatic carbocycles. The molecule has 0 saturated heterocycles. The number of aliphatic hydroxyl groups is 1. The van der Waals surface area contributed by atoms with E-state index in [0.717, 1.165) is 5.56 Å². The molecule has 0 aliphatic heterocycles. The summed E-state index contributed by atoms with van der Waals surface area (Å²) < 4.78 is 0. The summed E-state index contributed by atoms with van der Waals surface area (Å²) in [6, 6.07) is 12.1. The standard InChI is InChI=1S/C12H16N2O/c1-11(10-15)14(8-7-13)9-12-5-3-2-4-6-12/h2-6,11,15H,8-10H2,1H3/t11-/m1/s1. The van der Waals surface area contributed by atoms with Gasteiger partial charge in [-0.05, 0) is 12.5 Å². The molecule has 1 atom stereocenters. The lowest BCUT2D eigenvalue weighted by molar-refractivity contribution is 0.141. The molecule has 0 unspecified atom stereocenters. The van der Waals surface area contributed by atoms with E-state index in [1.807, 2.05) is 42.2 Å². The van der Waals surface area contributed by atoms with Gasteiger partial charge in [0.05, 0.1) is 19.2 Å². The molecule has 0 aromatic heterocycles. The Morgan fingerprint density at radius 2 is 2.07 bits per heavy atom. The third-order valence-electron chi connectivity index (χ3n) is 2.39. The molecular formula is C12H16N2O. The van der Waals surface area contributed by atoms with Gasteiger partial charge >= 0.3 is 0 Å². The van der Waals surface area contributed by atoms with Crippen molar-refractivity contribution in [2.45, 2.75) is 19.5 Å². The summed E-state index contributed by atoms with van der Waals surface area (Å²) in [6.45, 7) is 3.04.